The Morgan fingerprint density at radius 3 is 2.63 bits per heavy atom. The molecule has 2 aromatic rings. The van der Waals surface area contributed by atoms with E-state index >= 15 is 0 Å². The topological polar surface area (TPSA) is 35.2 Å². The molecule has 0 fully saturated rings. The van der Waals surface area contributed by atoms with Crippen LogP contribution in [0.4, 0.5) is 0 Å². The lowest BCUT2D eigenvalue weighted by molar-refractivity contribution is 0.405. The van der Waals surface area contributed by atoms with Gasteiger partial charge in [0, 0.05) is 16.6 Å². The first kappa shape index (κ1) is 13.9. The standard InChI is InChI=1S/C16H18ClNO/c1-11-7-8-16(19-2)13(9-11)15(18)10-12-5-3-4-6-14(12)17/h3-9,15H,10,18H2,1-2H3. The highest BCUT2D eigenvalue weighted by molar-refractivity contribution is 6.31. The van der Waals surface area contributed by atoms with Crippen molar-refractivity contribution in [3.05, 3.63) is 64.2 Å². The molecule has 0 radical (unpaired) electrons. The molecule has 1 unspecified atom stereocenters. The summed E-state index contributed by atoms with van der Waals surface area (Å²) in [5, 5.41) is 0.754. The van der Waals surface area contributed by atoms with Crippen LogP contribution in [-0.4, -0.2) is 7.11 Å². The summed E-state index contributed by atoms with van der Waals surface area (Å²) in [7, 11) is 1.66. The van der Waals surface area contributed by atoms with E-state index in [4.69, 9.17) is 22.1 Å². The van der Waals surface area contributed by atoms with E-state index in [1.54, 1.807) is 7.11 Å². The molecule has 19 heavy (non-hydrogen) atoms. The van der Waals surface area contributed by atoms with E-state index in [0.717, 1.165) is 21.9 Å². The van der Waals surface area contributed by atoms with Gasteiger partial charge in [-0.25, -0.2) is 0 Å². The molecule has 0 heterocycles. The molecule has 2 rings (SSSR count). The fraction of sp³-hybridized carbons (Fsp3) is 0.250. The minimum Gasteiger partial charge on any atom is -0.496 e. The third kappa shape index (κ3) is 3.28. The number of hydrogen-bond acceptors (Lipinski definition) is 2. The summed E-state index contributed by atoms with van der Waals surface area (Å²) in [5.41, 5.74) is 9.55. The number of ether oxygens (including phenoxy) is 1. The third-order valence-corrected chi connectivity index (χ3v) is 3.55. The van der Waals surface area contributed by atoms with Gasteiger partial charge < -0.3 is 10.5 Å². The first-order valence-electron chi connectivity index (χ1n) is 6.25. The number of hydrogen-bond donors (Lipinski definition) is 1. The SMILES string of the molecule is COc1ccc(C)cc1C(N)Cc1ccccc1Cl. The molecule has 0 spiro atoms. The van der Waals surface area contributed by atoms with Crippen molar-refractivity contribution < 1.29 is 4.74 Å². The Labute approximate surface area is 119 Å². The summed E-state index contributed by atoms with van der Waals surface area (Å²) in [6.07, 6.45) is 0.694. The smallest absolute Gasteiger partial charge is 0.123 e. The Bertz CT molecular complexity index is 568. The van der Waals surface area contributed by atoms with Crippen LogP contribution in [0, 0.1) is 6.92 Å². The maximum atomic E-state index is 6.30. The fourth-order valence-electron chi connectivity index (χ4n) is 2.15. The molecule has 2 N–H and O–H groups in total. The van der Waals surface area contributed by atoms with Crippen LogP contribution in [0.5, 0.6) is 5.75 Å². The van der Waals surface area contributed by atoms with Gasteiger partial charge in [0.25, 0.3) is 0 Å². The summed E-state index contributed by atoms with van der Waals surface area (Å²) < 4.78 is 5.38. The van der Waals surface area contributed by atoms with Crippen molar-refractivity contribution in [1.82, 2.24) is 0 Å². The molecule has 0 aliphatic heterocycles. The lowest BCUT2D eigenvalue weighted by atomic mass is 9.97. The molecule has 0 saturated carbocycles. The predicted octanol–water partition coefficient (Wildman–Crippen LogP) is 3.90. The molecule has 0 saturated heterocycles. The molecule has 1 atom stereocenters. The van der Waals surface area contributed by atoms with Crippen molar-refractivity contribution in [3.63, 3.8) is 0 Å². The van der Waals surface area contributed by atoms with Crippen molar-refractivity contribution in [1.29, 1.82) is 0 Å². The Morgan fingerprint density at radius 2 is 1.95 bits per heavy atom. The predicted molar refractivity (Wildman–Crippen MR) is 79.8 cm³/mol. The van der Waals surface area contributed by atoms with Gasteiger partial charge in [-0.2, -0.15) is 0 Å². The second-order valence-corrected chi connectivity index (χ2v) is 5.05. The van der Waals surface area contributed by atoms with Gasteiger partial charge in [-0.1, -0.05) is 47.5 Å². The zero-order valence-corrected chi connectivity index (χ0v) is 11.9. The van der Waals surface area contributed by atoms with Gasteiger partial charge in [-0.05, 0) is 31.0 Å². The average Bonchev–Trinajstić information content (AvgIpc) is 2.41. The monoisotopic (exact) mass is 275 g/mol. The van der Waals surface area contributed by atoms with E-state index in [-0.39, 0.29) is 6.04 Å². The number of rotatable bonds is 4. The maximum Gasteiger partial charge on any atom is 0.123 e. The summed E-state index contributed by atoms with van der Waals surface area (Å²) in [6.45, 7) is 2.05. The fourth-order valence-corrected chi connectivity index (χ4v) is 2.37. The lowest BCUT2D eigenvalue weighted by Gasteiger charge is -2.17. The van der Waals surface area contributed by atoms with Crippen LogP contribution < -0.4 is 10.5 Å². The van der Waals surface area contributed by atoms with E-state index in [0.29, 0.717) is 6.42 Å². The summed E-state index contributed by atoms with van der Waals surface area (Å²) in [4.78, 5) is 0. The van der Waals surface area contributed by atoms with Crippen LogP contribution in [-0.2, 0) is 6.42 Å². The van der Waals surface area contributed by atoms with Crippen LogP contribution in [0.2, 0.25) is 5.02 Å². The van der Waals surface area contributed by atoms with Crippen molar-refractivity contribution in [2.75, 3.05) is 7.11 Å². The van der Waals surface area contributed by atoms with Crippen LogP contribution in [0.15, 0.2) is 42.5 Å². The molecule has 0 aliphatic rings. The van der Waals surface area contributed by atoms with Crippen molar-refractivity contribution in [2.45, 2.75) is 19.4 Å². The summed E-state index contributed by atoms with van der Waals surface area (Å²) in [5.74, 6) is 0.824. The highest BCUT2D eigenvalue weighted by atomic mass is 35.5. The number of methoxy groups -OCH3 is 1. The average molecular weight is 276 g/mol. The molecule has 2 nitrogen and oxygen atoms in total. The lowest BCUT2D eigenvalue weighted by Crippen LogP contribution is -2.15. The number of benzene rings is 2. The number of halogens is 1. The third-order valence-electron chi connectivity index (χ3n) is 3.18. The normalized spacial score (nSPS) is 12.2. The van der Waals surface area contributed by atoms with Crippen LogP contribution in [0.25, 0.3) is 0 Å². The Hall–Kier alpha value is -1.51. The first-order chi connectivity index (χ1) is 9.11. The Balaban J connectivity index is 2.27. The number of nitrogens with two attached hydrogens (primary N) is 1. The largest absolute Gasteiger partial charge is 0.496 e. The van der Waals surface area contributed by atoms with Gasteiger partial charge in [-0.15, -0.1) is 0 Å². The van der Waals surface area contributed by atoms with Gasteiger partial charge in [0.15, 0.2) is 0 Å². The van der Waals surface area contributed by atoms with Gasteiger partial charge in [0.05, 0.1) is 7.11 Å². The highest BCUT2D eigenvalue weighted by Crippen LogP contribution is 2.28. The Kier molecular flexibility index (Phi) is 4.46. The minimum atomic E-state index is -0.130. The van der Waals surface area contributed by atoms with Gasteiger partial charge in [0.2, 0.25) is 0 Å². The van der Waals surface area contributed by atoms with E-state index < -0.39 is 0 Å². The van der Waals surface area contributed by atoms with Crippen LogP contribution in [0.1, 0.15) is 22.7 Å². The molecular formula is C16H18ClNO. The van der Waals surface area contributed by atoms with Gasteiger partial charge in [0.1, 0.15) is 5.75 Å². The summed E-state index contributed by atoms with van der Waals surface area (Å²) in [6, 6.07) is 13.7. The molecule has 100 valence electrons. The van der Waals surface area contributed by atoms with E-state index in [9.17, 15) is 0 Å². The van der Waals surface area contributed by atoms with E-state index in [1.807, 2.05) is 43.3 Å². The second kappa shape index (κ2) is 6.09. The molecule has 3 heteroatoms. The molecule has 2 aromatic carbocycles. The van der Waals surface area contributed by atoms with Crippen LogP contribution >= 0.6 is 11.6 Å². The maximum absolute atomic E-state index is 6.30. The quantitative estimate of drug-likeness (QED) is 0.918. The minimum absolute atomic E-state index is 0.130. The van der Waals surface area contributed by atoms with Crippen molar-refractivity contribution in [2.24, 2.45) is 5.73 Å². The van der Waals surface area contributed by atoms with Gasteiger partial charge >= 0.3 is 0 Å². The first-order valence-corrected chi connectivity index (χ1v) is 6.63. The second-order valence-electron chi connectivity index (χ2n) is 4.65. The highest BCUT2D eigenvalue weighted by Gasteiger charge is 2.14. The molecular weight excluding hydrogens is 258 g/mol. The van der Waals surface area contributed by atoms with Crippen molar-refractivity contribution >= 4 is 11.6 Å². The molecule has 0 amide bonds. The summed E-state index contributed by atoms with van der Waals surface area (Å²) >= 11 is 6.17. The zero-order valence-electron chi connectivity index (χ0n) is 11.2. The molecule has 0 aromatic heterocycles. The van der Waals surface area contributed by atoms with E-state index in [2.05, 4.69) is 6.07 Å². The number of aryl methyl sites for hydroxylation is 1. The van der Waals surface area contributed by atoms with E-state index in [1.165, 1.54) is 5.56 Å². The molecule has 0 aliphatic carbocycles. The van der Waals surface area contributed by atoms with Gasteiger partial charge in [-0.3, -0.25) is 0 Å². The Morgan fingerprint density at radius 1 is 1.21 bits per heavy atom. The zero-order chi connectivity index (χ0) is 13.8. The molecule has 0 bridgehead atoms. The van der Waals surface area contributed by atoms with Crippen molar-refractivity contribution in [3.8, 4) is 5.75 Å². The van der Waals surface area contributed by atoms with Crippen LogP contribution in [0.3, 0.4) is 0 Å².